The summed E-state index contributed by atoms with van der Waals surface area (Å²) in [5.41, 5.74) is 0.555. The van der Waals surface area contributed by atoms with Crippen LogP contribution >= 0.6 is 0 Å². The van der Waals surface area contributed by atoms with Gasteiger partial charge in [-0.3, -0.25) is 4.79 Å². The molecule has 90 valence electrons. The van der Waals surface area contributed by atoms with Gasteiger partial charge in [-0.15, -0.1) is 0 Å². The predicted molar refractivity (Wildman–Crippen MR) is 60.1 cm³/mol. The molecule has 0 aromatic heterocycles. The van der Waals surface area contributed by atoms with Crippen LogP contribution < -0.4 is 10.1 Å². The molecule has 5 heteroatoms. The summed E-state index contributed by atoms with van der Waals surface area (Å²) in [6.07, 6.45) is 2.09. The van der Waals surface area contributed by atoms with Crippen molar-refractivity contribution in [1.29, 1.82) is 0 Å². The second-order valence-electron chi connectivity index (χ2n) is 3.95. The topological polar surface area (TPSA) is 75.6 Å². The van der Waals surface area contributed by atoms with Crippen molar-refractivity contribution in [1.82, 2.24) is 5.32 Å². The number of carboxylic acid groups (broad SMARTS) is 1. The molecule has 1 aliphatic carbocycles. The number of nitrogens with one attached hydrogen (secondary N) is 1. The van der Waals surface area contributed by atoms with Gasteiger partial charge in [-0.05, 0) is 37.1 Å². The van der Waals surface area contributed by atoms with Gasteiger partial charge in [0.15, 0.2) is 6.61 Å². The van der Waals surface area contributed by atoms with Gasteiger partial charge in [0.25, 0.3) is 5.91 Å². The van der Waals surface area contributed by atoms with Crippen LogP contribution in [0.1, 0.15) is 23.2 Å². The first-order chi connectivity index (χ1) is 8.15. The molecule has 1 fully saturated rings. The van der Waals surface area contributed by atoms with Crippen molar-refractivity contribution >= 4 is 11.9 Å². The molecule has 0 atom stereocenters. The van der Waals surface area contributed by atoms with Gasteiger partial charge in [0.1, 0.15) is 5.75 Å². The van der Waals surface area contributed by atoms with Gasteiger partial charge in [0.05, 0.1) is 0 Å². The monoisotopic (exact) mass is 235 g/mol. The molecule has 1 saturated carbocycles. The Hall–Kier alpha value is -2.04. The second-order valence-corrected chi connectivity index (χ2v) is 3.95. The van der Waals surface area contributed by atoms with Crippen LogP contribution in [0.4, 0.5) is 0 Å². The molecule has 0 bridgehead atoms. The number of hydrogen-bond acceptors (Lipinski definition) is 3. The van der Waals surface area contributed by atoms with E-state index in [4.69, 9.17) is 9.84 Å². The number of benzene rings is 1. The molecule has 0 unspecified atom stereocenters. The van der Waals surface area contributed by atoms with Gasteiger partial charge in [0.2, 0.25) is 0 Å². The molecule has 2 rings (SSSR count). The molecular formula is C12H13NO4. The lowest BCUT2D eigenvalue weighted by Gasteiger charge is -2.05. The Balaban J connectivity index is 1.91. The Kier molecular flexibility index (Phi) is 3.27. The summed E-state index contributed by atoms with van der Waals surface area (Å²) >= 11 is 0. The first-order valence-electron chi connectivity index (χ1n) is 5.40. The minimum Gasteiger partial charge on any atom is -0.482 e. The standard InChI is InChI=1S/C12H13NO4/c14-11(15)7-17-10-5-1-8(2-6-10)12(16)13-9-3-4-9/h1-2,5-6,9H,3-4,7H2,(H,13,16)(H,14,15). The highest BCUT2D eigenvalue weighted by Gasteiger charge is 2.23. The fourth-order valence-electron chi connectivity index (χ4n) is 1.34. The zero-order chi connectivity index (χ0) is 12.3. The van der Waals surface area contributed by atoms with Crippen molar-refractivity contribution in [3.8, 4) is 5.75 Å². The van der Waals surface area contributed by atoms with Crippen molar-refractivity contribution in [2.75, 3.05) is 6.61 Å². The van der Waals surface area contributed by atoms with E-state index in [1.165, 1.54) is 0 Å². The third kappa shape index (κ3) is 3.48. The Labute approximate surface area is 98.4 Å². The highest BCUT2D eigenvalue weighted by molar-refractivity contribution is 5.94. The van der Waals surface area contributed by atoms with E-state index in [2.05, 4.69) is 5.32 Å². The van der Waals surface area contributed by atoms with Crippen LogP contribution in [0.2, 0.25) is 0 Å². The zero-order valence-corrected chi connectivity index (χ0v) is 9.18. The third-order valence-corrected chi connectivity index (χ3v) is 2.39. The lowest BCUT2D eigenvalue weighted by Crippen LogP contribution is -2.25. The fourth-order valence-corrected chi connectivity index (χ4v) is 1.34. The number of hydrogen-bond donors (Lipinski definition) is 2. The van der Waals surface area contributed by atoms with Crippen LogP contribution in [0.5, 0.6) is 5.75 Å². The fraction of sp³-hybridized carbons (Fsp3) is 0.333. The molecule has 1 aromatic rings. The number of rotatable bonds is 5. The van der Waals surface area contributed by atoms with Crippen LogP contribution in [0, 0.1) is 0 Å². The van der Waals surface area contributed by atoms with Crippen molar-refractivity contribution in [2.45, 2.75) is 18.9 Å². The first-order valence-corrected chi connectivity index (χ1v) is 5.40. The van der Waals surface area contributed by atoms with Crippen LogP contribution in [0.25, 0.3) is 0 Å². The SMILES string of the molecule is O=C(O)COc1ccc(C(=O)NC2CC2)cc1. The van der Waals surface area contributed by atoms with E-state index < -0.39 is 5.97 Å². The number of carboxylic acids is 1. The zero-order valence-electron chi connectivity index (χ0n) is 9.18. The van der Waals surface area contributed by atoms with Gasteiger partial charge in [-0.1, -0.05) is 0 Å². The average Bonchev–Trinajstić information content (AvgIpc) is 3.11. The second kappa shape index (κ2) is 4.86. The molecule has 1 aliphatic rings. The van der Waals surface area contributed by atoms with E-state index in [-0.39, 0.29) is 12.5 Å². The Bertz CT molecular complexity index is 423. The van der Waals surface area contributed by atoms with Gasteiger partial charge >= 0.3 is 5.97 Å². The number of carbonyl (C=O) groups excluding carboxylic acids is 1. The summed E-state index contributed by atoms with van der Waals surface area (Å²) in [5.74, 6) is -0.687. The molecular weight excluding hydrogens is 222 g/mol. The number of amides is 1. The van der Waals surface area contributed by atoms with Gasteiger partial charge in [-0.2, -0.15) is 0 Å². The normalized spacial score (nSPS) is 14.1. The molecule has 0 radical (unpaired) electrons. The molecule has 0 aliphatic heterocycles. The molecule has 17 heavy (non-hydrogen) atoms. The largest absolute Gasteiger partial charge is 0.482 e. The summed E-state index contributed by atoms with van der Waals surface area (Å²) in [7, 11) is 0. The lowest BCUT2D eigenvalue weighted by atomic mass is 10.2. The Morgan fingerprint density at radius 3 is 2.47 bits per heavy atom. The van der Waals surface area contributed by atoms with E-state index >= 15 is 0 Å². The maximum Gasteiger partial charge on any atom is 0.341 e. The van der Waals surface area contributed by atoms with E-state index in [0.29, 0.717) is 17.4 Å². The Morgan fingerprint density at radius 2 is 1.94 bits per heavy atom. The summed E-state index contributed by atoms with van der Waals surface area (Å²) in [5, 5.41) is 11.3. The summed E-state index contributed by atoms with van der Waals surface area (Å²) in [6, 6.07) is 6.74. The minimum atomic E-state index is -1.03. The molecule has 0 heterocycles. The quantitative estimate of drug-likeness (QED) is 0.799. The van der Waals surface area contributed by atoms with Crippen LogP contribution in [0.3, 0.4) is 0 Å². The molecule has 0 spiro atoms. The lowest BCUT2D eigenvalue weighted by molar-refractivity contribution is -0.139. The molecule has 0 saturated heterocycles. The maximum atomic E-state index is 11.6. The van der Waals surface area contributed by atoms with Crippen molar-refractivity contribution in [3.05, 3.63) is 29.8 Å². The van der Waals surface area contributed by atoms with Crippen LogP contribution in [0.15, 0.2) is 24.3 Å². The predicted octanol–water partition coefficient (Wildman–Crippen LogP) is 1.04. The molecule has 1 amide bonds. The minimum absolute atomic E-state index is 0.0997. The van der Waals surface area contributed by atoms with Crippen molar-refractivity contribution in [2.24, 2.45) is 0 Å². The van der Waals surface area contributed by atoms with Crippen molar-refractivity contribution < 1.29 is 19.4 Å². The maximum absolute atomic E-state index is 11.6. The average molecular weight is 235 g/mol. The molecule has 2 N–H and O–H groups in total. The number of ether oxygens (including phenoxy) is 1. The highest BCUT2D eigenvalue weighted by atomic mass is 16.5. The van der Waals surface area contributed by atoms with E-state index in [1.54, 1.807) is 24.3 Å². The van der Waals surface area contributed by atoms with Crippen molar-refractivity contribution in [3.63, 3.8) is 0 Å². The summed E-state index contributed by atoms with van der Waals surface area (Å²) < 4.78 is 4.96. The van der Waals surface area contributed by atoms with Crippen LogP contribution in [-0.4, -0.2) is 29.6 Å². The van der Waals surface area contributed by atoms with Gasteiger partial charge in [-0.25, -0.2) is 4.79 Å². The Morgan fingerprint density at radius 1 is 1.29 bits per heavy atom. The van der Waals surface area contributed by atoms with E-state index in [0.717, 1.165) is 12.8 Å². The van der Waals surface area contributed by atoms with E-state index in [1.807, 2.05) is 0 Å². The van der Waals surface area contributed by atoms with Crippen LogP contribution in [-0.2, 0) is 4.79 Å². The number of carbonyl (C=O) groups is 2. The molecule has 1 aromatic carbocycles. The summed E-state index contributed by atoms with van der Waals surface area (Å²) in [6.45, 7) is -0.381. The summed E-state index contributed by atoms with van der Waals surface area (Å²) in [4.78, 5) is 21.9. The third-order valence-electron chi connectivity index (χ3n) is 2.39. The van der Waals surface area contributed by atoms with Gasteiger partial charge < -0.3 is 15.2 Å². The number of aliphatic carboxylic acids is 1. The van der Waals surface area contributed by atoms with E-state index in [9.17, 15) is 9.59 Å². The van der Waals surface area contributed by atoms with Gasteiger partial charge in [0, 0.05) is 11.6 Å². The molecule has 5 nitrogen and oxygen atoms in total. The smallest absolute Gasteiger partial charge is 0.341 e. The highest BCUT2D eigenvalue weighted by Crippen LogP contribution is 2.20. The first kappa shape index (κ1) is 11.4.